The molecule has 0 aromatic carbocycles. The molecule has 0 spiro atoms. The summed E-state index contributed by atoms with van der Waals surface area (Å²) in [5.74, 6) is 0. The normalized spacial score (nSPS) is 16.9. The van der Waals surface area contributed by atoms with Crippen LogP contribution >= 0.6 is 0 Å². The van der Waals surface area contributed by atoms with Crippen LogP contribution in [0.5, 0.6) is 0 Å². The molecule has 11 heavy (non-hydrogen) atoms. The van der Waals surface area contributed by atoms with Crippen LogP contribution in [-0.2, 0) is 6.42 Å². The van der Waals surface area contributed by atoms with Gasteiger partial charge in [0.2, 0.25) is 0 Å². The Labute approximate surface area is 66.3 Å². The summed E-state index contributed by atoms with van der Waals surface area (Å²) in [5, 5.41) is 7.06. The maximum Gasteiger partial charge on any atom is 0.0638 e. The molecule has 2 nitrogen and oxygen atoms in total. The Kier molecular flexibility index (Phi) is 1.34. The zero-order valence-corrected chi connectivity index (χ0v) is 6.94. The van der Waals surface area contributed by atoms with Crippen molar-refractivity contribution in [3.8, 4) is 0 Å². The van der Waals surface area contributed by atoms with E-state index in [0.717, 1.165) is 6.42 Å². The van der Waals surface area contributed by atoms with Crippen molar-refractivity contribution in [2.75, 3.05) is 0 Å². The summed E-state index contributed by atoms with van der Waals surface area (Å²) >= 11 is 0. The first kappa shape index (κ1) is 6.65. The lowest BCUT2D eigenvalue weighted by atomic mass is 9.93. The standard InChI is InChI=1S/C9H12N2/c1-6-3-4-8-5-10-11-9(8)7(6)2/h5H,3-4H2,1-2H3,(H,10,11). The van der Waals surface area contributed by atoms with Crippen LogP contribution < -0.4 is 0 Å². The maximum absolute atomic E-state index is 4.03. The molecule has 0 unspecified atom stereocenters. The summed E-state index contributed by atoms with van der Waals surface area (Å²) in [6.45, 7) is 4.35. The number of hydrogen-bond donors (Lipinski definition) is 1. The summed E-state index contributed by atoms with van der Waals surface area (Å²) in [4.78, 5) is 0. The van der Waals surface area contributed by atoms with Crippen LogP contribution in [0.4, 0.5) is 0 Å². The third-order valence-corrected chi connectivity index (χ3v) is 2.50. The Bertz CT molecular complexity index is 307. The number of H-pyrrole nitrogens is 1. The topological polar surface area (TPSA) is 28.7 Å². The average molecular weight is 148 g/mol. The van der Waals surface area contributed by atoms with E-state index in [0.29, 0.717) is 0 Å². The summed E-state index contributed by atoms with van der Waals surface area (Å²) in [6, 6.07) is 0. The highest BCUT2D eigenvalue weighted by atomic mass is 15.1. The molecule has 1 aliphatic carbocycles. The van der Waals surface area contributed by atoms with Gasteiger partial charge in [-0.1, -0.05) is 5.57 Å². The highest BCUT2D eigenvalue weighted by Gasteiger charge is 2.13. The minimum atomic E-state index is 1.15. The van der Waals surface area contributed by atoms with Crippen LogP contribution in [0.15, 0.2) is 11.8 Å². The van der Waals surface area contributed by atoms with Crippen molar-refractivity contribution in [1.82, 2.24) is 10.2 Å². The Morgan fingerprint density at radius 1 is 1.36 bits per heavy atom. The van der Waals surface area contributed by atoms with E-state index in [1.807, 2.05) is 6.20 Å². The zero-order chi connectivity index (χ0) is 7.84. The second kappa shape index (κ2) is 2.22. The molecule has 0 radical (unpaired) electrons. The summed E-state index contributed by atoms with van der Waals surface area (Å²) in [6.07, 6.45) is 4.28. The van der Waals surface area contributed by atoms with E-state index in [-0.39, 0.29) is 0 Å². The van der Waals surface area contributed by atoms with Gasteiger partial charge in [-0.25, -0.2) is 0 Å². The molecule has 1 aliphatic rings. The third kappa shape index (κ3) is 0.897. The average Bonchev–Trinajstić information content (AvgIpc) is 2.45. The summed E-state index contributed by atoms with van der Waals surface area (Å²) in [5.41, 5.74) is 5.48. The number of rotatable bonds is 0. The van der Waals surface area contributed by atoms with Gasteiger partial charge in [-0.05, 0) is 37.8 Å². The fourth-order valence-electron chi connectivity index (χ4n) is 1.55. The second-order valence-electron chi connectivity index (χ2n) is 3.18. The van der Waals surface area contributed by atoms with Crippen LogP contribution in [-0.4, -0.2) is 10.2 Å². The highest BCUT2D eigenvalue weighted by Crippen LogP contribution is 2.28. The van der Waals surface area contributed by atoms with Crippen molar-refractivity contribution in [2.45, 2.75) is 26.7 Å². The molecule has 0 atom stereocenters. The van der Waals surface area contributed by atoms with Crippen molar-refractivity contribution in [3.63, 3.8) is 0 Å². The highest BCUT2D eigenvalue weighted by molar-refractivity contribution is 5.67. The molecule has 1 aromatic rings. The predicted molar refractivity (Wildman–Crippen MR) is 45.2 cm³/mol. The van der Waals surface area contributed by atoms with E-state index in [2.05, 4.69) is 24.0 Å². The Morgan fingerprint density at radius 3 is 3.00 bits per heavy atom. The molecule has 0 saturated heterocycles. The van der Waals surface area contributed by atoms with Gasteiger partial charge >= 0.3 is 0 Å². The summed E-state index contributed by atoms with van der Waals surface area (Å²) < 4.78 is 0. The van der Waals surface area contributed by atoms with Gasteiger partial charge in [0, 0.05) is 0 Å². The van der Waals surface area contributed by atoms with Crippen molar-refractivity contribution in [3.05, 3.63) is 23.0 Å². The number of aromatic nitrogens is 2. The lowest BCUT2D eigenvalue weighted by Crippen LogP contribution is -1.99. The monoisotopic (exact) mass is 148 g/mol. The minimum absolute atomic E-state index is 1.15. The second-order valence-corrected chi connectivity index (χ2v) is 3.18. The number of hydrogen-bond acceptors (Lipinski definition) is 1. The number of allylic oxidation sites excluding steroid dienone is 2. The molecule has 1 heterocycles. The molecule has 0 aliphatic heterocycles. The Hall–Kier alpha value is -1.05. The SMILES string of the molecule is CC1=C(C)c2[nH]ncc2CC1. The molecule has 58 valence electrons. The Balaban J connectivity index is 2.57. The van der Waals surface area contributed by atoms with Gasteiger partial charge in [0.25, 0.3) is 0 Å². The number of aryl methyl sites for hydroxylation is 1. The lowest BCUT2D eigenvalue weighted by Gasteiger charge is -2.13. The van der Waals surface area contributed by atoms with E-state index in [9.17, 15) is 0 Å². The van der Waals surface area contributed by atoms with Crippen LogP contribution in [0, 0.1) is 0 Å². The lowest BCUT2D eigenvalue weighted by molar-refractivity contribution is 0.913. The van der Waals surface area contributed by atoms with Crippen LogP contribution in [0.3, 0.4) is 0 Å². The third-order valence-electron chi connectivity index (χ3n) is 2.50. The Morgan fingerprint density at radius 2 is 2.18 bits per heavy atom. The fraction of sp³-hybridized carbons (Fsp3) is 0.444. The quantitative estimate of drug-likeness (QED) is 0.600. The molecule has 0 bridgehead atoms. The largest absolute Gasteiger partial charge is 0.278 e. The van der Waals surface area contributed by atoms with E-state index in [4.69, 9.17) is 0 Å². The van der Waals surface area contributed by atoms with Crippen molar-refractivity contribution < 1.29 is 0 Å². The van der Waals surface area contributed by atoms with Gasteiger partial charge in [0.15, 0.2) is 0 Å². The van der Waals surface area contributed by atoms with E-state index in [1.165, 1.54) is 28.8 Å². The number of nitrogens with one attached hydrogen (secondary N) is 1. The molecule has 1 aromatic heterocycles. The minimum Gasteiger partial charge on any atom is -0.278 e. The smallest absolute Gasteiger partial charge is 0.0638 e. The van der Waals surface area contributed by atoms with Crippen LogP contribution in [0.2, 0.25) is 0 Å². The van der Waals surface area contributed by atoms with Crippen molar-refractivity contribution >= 4 is 5.57 Å². The van der Waals surface area contributed by atoms with Crippen molar-refractivity contribution in [1.29, 1.82) is 0 Å². The molecule has 0 amide bonds. The van der Waals surface area contributed by atoms with Gasteiger partial charge in [0.05, 0.1) is 11.9 Å². The number of fused-ring (bicyclic) bond motifs is 1. The van der Waals surface area contributed by atoms with Gasteiger partial charge < -0.3 is 0 Å². The summed E-state index contributed by atoms with van der Waals surface area (Å²) in [7, 11) is 0. The van der Waals surface area contributed by atoms with Gasteiger partial charge in [0.1, 0.15) is 0 Å². The van der Waals surface area contributed by atoms with Crippen molar-refractivity contribution in [2.24, 2.45) is 0 Å². The van der Waals surface area contributed by atoms with Gasteiger partial charge in [-0.2, -0.15) is 5.10 Å². The fourth-order valence-corrected chi connectivity index (χ4v) is 1.55. The first-order valence-electron chi connectivity index (χ1n) is 3.98. The molecule has 0 fully saturated rings. The predicted octanol–water partition coefficient (Wildman–Crippen LogP) is 2.15. The van der Waals surface area contributed by atoms with E-state index < -0.39 is 0 Å². The van der Waals surface area contributed by atoms with Crippen LogP contribution in [0.25, 0.3) is 5.57 Å². The van der Waals surface area contributed by atoms with Crippen LogP contribution in [0.1, 0.15) is 31.5 Å². The number of aromatic amines is 1. The van der Waals surface area contributed by atoms with E-state index in [1.54, 1.807) is 0 Å². The first-order valence-corrected chi connectivity index (χ1v) is 3.98. The molecule has 0 saturated carbocycles. The maximum atomic E-state index is 4.03. The molecule has 1 N–H and O–H groups in total. The first-order chi connectivity index (χ1) is 5.29. The number of nitrogens with zero attached hydrogens (tertiary/aromatic N) is 1. The van der Waals surface area contributed by atoms with E-state index >= 15 is 0 Å². The molecular weight excluding hydrogens is 136 g/mol. The molecule has 2 rings (SSSR count). The van der Waals surface area contributed by atoms with Gasteiger partial charge in [-0.3, -0.25) is 5.10 Å². The van der Waals surface area contributed by atoms with Gasteiger partial charge in [-0.15, -0.1) is 0 Å². The molecule has 2 heteroatoms. The zero-order valence-electron chi connectivity index (χ0n) is 6.94. The molecular formula is C9H12N2.